The van der Waals surface area contributed by atoms with E-state index in [0.717, 1.165) is 50.0 Å². The fourth-order valence-electron chi connectivity index (χ4n) is 5.81. The fourth-order valence-corrected chi connectivity index (χ4v) is 5.81. The van der Waals surface area contributed by atoms with E-state index in [9.17, 15) is 25.5 Å². The second-order valence-corrected chi connectivity index (χ2v) is 11.5. The maximum Gasteiger partial charge on any atom is 0.169 e. The van der Waals surface area contributed by atoms with Crippen LogP contribution < -0.4 is 5.32 Å². The number of hydrogen-bond donors (Lipinski definition) is 6. The van der Waals surface area contributed by atoms with Crippen LogP contribution in [0, 0.1) is 0 Å². The number of benzene rings is 4. The van der Waals surface area contributed by atoms with Crippen molar-refractivity contribution in [3.63, 3.8) is 0 Å². The van der Waals surface area contributed by atoms with Crippen molar-refractivity contribution in [2.75, 3.05) is 13.2 Å². The van der Waals surface area contributed by atoms with Gasteiger partial charge in [0.2, 0.25) is 0 Å². The van der Waals surface area contributed by atoms with Crippen LogP contribution in [0.25, 0.3) is 22.9 Å². The Hall–Kier alpha value is -4.82. The summed E-state index contributed by atoms with van der Waals surface area (Å²) in [5, 5.41) is 56.7. The molecule has 234 valence electrons. The Bertz CT molecular complexity index is 1760. The van der Waals surface area contributed by atoms with Crippen molar-refractivity contribution in [2.45, 2.75) is 58.4 Å². The van der Waals surface area contributed by atoms with E-state index in [1.165, 1.54) is 35.7 Å². The summed E-state index contributed by atoms with van der Waals surface area (Å²) in [5.41, 5.74) is 6.62. The van der Waals surface area contributed by atoms with Crippen molar-refractivity contribution in [1.82, 2.24) is 5.32 Å². The van der Waals surface area contributed by atoms with E-state index in [-0.39, 0.29) is 34.1 Å². The predicted octanol–water partition coefficient (Wildman–Crippen LogP) is 7.02. The fraction of sp³-hybridized carbons (Fsp3) is 0.297. The topological polar surface area (TPSA) is 138 Å². The van der Waals surface area contributed by atoms with E-state index in [0.29, 0.717) is 41.6 Å². The third-order valence-electron chi connectivity index (χ3n) is 8.30. The Morgan fingerprint density at radius 3 is 2.42 bits per heavy atom. The van der Waals surface area contributed by atoms with Gasteiger partial charge in [0.25, 0.3) is 0 Å². The lowest BCUT2D eigenvalue weighted by atomic mass is 9.91. The molecule has 0 unspecified atom stereocenters. The van der Waals surface area contributed by atoms with Gasteiger partial charge < -0.3 is 30.8 Å². The summed E-state index contributed by atoms with van der Waals surface area (Å²) in [6, 6.07) is 16.1. The lowest BCUT2D eigenvalue weighted by Gasteiger charge is -2.17. The molecule has 5 rings (SSSR count). The molecule has 0 radical (unpaired) electrons. The highest BCUT2D eigenvalue weighted by molar-refractivity contribution is 6.31. The molecule has 0 aliphatic carbocycles. The van der Waals surface area contributed by atoms with Gasteiger partial charge in [-0.3, -0.25) is 9.98 Å². The molecule has 8 heteroatoms. The Morgan fingerprint density at radius 1 is 0.778 bits per heavy atom. The molecular formula is C37H41N3O5. The van der Waals surface area contributed by atoms with Crippen LogP contribution in [0.3, 0.4) is 0 Å². The zero-order valence-electron chi connectivity index (χ0n) is 25.6. The van der Waals surface area contributed by atoms with Gasteiger partial charge in [-0.25, -0.2) is 0 Å². The molecule has 1 aliphatic rings. The van der Waals surface area contributed by atoms with Crippen LogP contribution in [0.4, 0.5) is 0 Å². The molecule has 0 saturated heterocycles. The Kier molecular flexibility index (Phi) is 10.4. The molecule has 4 aromatic rings. The van der Waals surface area contributed by atoms with Crippen molar-refractivity contribution in [1.29, 1.82) is 0 Å². The van der Waals surface area contributed by atoms with E-state index in [2.05, 4.69) is 40.4 Å². The van der Waals surface area contributed by atoms with Crippen molar-refractivity contribution in [3.8, 4) is 28.7 Å². The minimum absolute atomic E-state index is 0.131. The molecule has 4 aromatic carbocycles. The minimum atomic E-state index is -0.353. The van der Waals surface area contributed by atoms with Crippen LogP contribution in [0.1, 0.15) is 66.0 Å². The first kappa shape index (κ1) is 31.6. The van der Waals surface area contributed by atoms with Gasteiger partial charge in [0, 0.05) is 31.3 Å². The largest absolute Gasteiger partial charge is 0.507 e. The first-order valence-corrected chi connectivity index (χ1v) is 15.6. The monoisotopic (exact) mass is 607 g/mol. The molecule has 0 amide bonds. The smallest absolute Gasteiger partial charge is 0.169 e. The molecular weight excluding hydrogens is 566 g/mol. The van der Waals surface area contributed by atoms with E-state index in [1.807, 2.05) is 6.21 Å². The summed E-state index contributed by atoms with van der Waals surface area (Å²) in [5.74, 6) is -1.20. The second kappa shape index (κ2) is 14.8. The number of rotatable bonds is 14. The van der Waals surface area contributed by atoms with Gasteiger partial charge in [-0.05, 0) is 77.1 Å². The molecule has 0 saturated carbocycles. The van der Waals surface area contributed by atoms with Crippen molar-refractivity contribution in [2.24, 2.45) is 9.98 Å². The van der Waals surface area contributed by atoms with Gasteiger partial charge >= 0.3 is 0 Å². The lowest BCUT2D eigenvalue weighted by molar-refractivity contribution is 0.401. The number of hydrogen-bond acceptors (Lipinski definition) is 8. The maximum absolute atomic E-state index is 11.2. The molecule has 45 heavy (non-hydrogen) atoms. The summed E-state index contributed by atoms with van der Waals surface area (Å²) in [4.78, 5) is 8.51. The molecule has 1 heterocycles. The number of phenolic OH excluding ortho intramolecular Hbond substituents is 5. The summed E-state index contributed by atoms with van der Waals surface area (Å²) in [7, 11) is 0. The van der Waals surface area contributed by atoms with Crippen LogP contribution in [0.15, 0.2) is 64.6 Å². The number of aryl methyl sites for hydroxylation is 2. The molecule has 6 N–H and O–H groups in total. The highest BCUT2D eigenvalue weighted by Crippen LogP contribution is 2.45. The van der Waals surface area contributed by atoms with Crippen LogP contribution >= 0.6 is 0 Å². The zero-order chi connectivity index (χ0) is 31.8. The third-order valence-corrected chi connectivity index (χ3v) is 8.30. The molecule has 0 aromatic heterocycles. The Balaban J connectivity index is 1.41. The number of unbranched alkanes of at least 4 members (excludes halogenated alkanes) is 2. The normalized spacial score (nSPS) is 12.9. The Morgan fingerprint density at radius 2 is 1.64 bits per heavy atom. The number of nitrogens with zero attached hydrogens (tertiary/aromatic N) is 2. The highest BCUT2D eigenvalue weighted by atomic mass is 16.3. The highest BCUT2D eigenvalue weighted by Gasteiger charge is 2.20. The first-order valence-electron chi connectivity index (χ1n) is 15.6. The molecule has 1 aliphatic heterocycles. The summed E-state index contributed by atoms with van der Waals surface area (Å²) < 4.78 is 0. The van der Waals surface area contributed by atoms with Gasteiger partial charge in [-0.15, -0.1) is 0 Å². The number of nitrogens with one attached hydrogen (secondary N) is 1. The lowest BCUT2D eigenvalue weighted by Crippen LogP contribution is -2.19. The van der Waals surface area contributed by atoms with Crippen molar-refractivity contribution < 1.29 is 25.5 Å². The minimum Gasteiger partial charge on any atom is -0.507 e. The third kappa shape index (κ3) is 7.64. The van der Waals surface area contributed by atoms with Crippen molar-refractivity contribution in [3.05, 3.63) is 88.0 Å². The van der Waals surface area contributed by atoms with E-state index in [1.54, 1.807) is 30.4 Å². The summed E-state index contributed by atoms with van der Waals surface area (Å²) >= 11 is 0. The zero-order valence-corrected chi connectivity index (χ0v) is 25.6. The standard InChI is InChI=1S/C37H41N3O5/c1-2-3-4-6-26-19-24(9-13-27(26)21-38-18-17-28-22-39-23-40-28)11-15-31-29(14-10-25-12-16-32(41)34(43)20-25)30-7-5-8-33(42)35(30)37(45)36(31)44/h5,7-10,12-14,16,19-20,22,38,41-45H,2-4,6,11,15,17-18,21,23H2,1H3. The number of phenols is 5. The van der Waals surface area contributed by atoms with Gasteiger partial charge in [0.05, 0.1) is 11.1 Å². The molecule has 0 spiro atoms. The van der Waals surface area contributed by atoms with Crippen molar-refractivity contribution >= 4 is 34.9 Å². The predicted molar refractivity (Wildman–Crippen MR) is 182 cm³/mol. The second-order valence-electron chi connectivity index (χ2n) is 11.5. The SMILES string of the molecule is CCCCCc1cc(CCc2c(O)c(O)c3c(O)cccc3c2C=Cc2ccc(O)c(O)c2)ccc1CNCCC1=NCN=C1. The summed E-state index contributed by atoms with van der Waals surface area (Å²) in [6.07, 6.45) is 11.8. The van der Waals surface area contributed by atoms with Crippen LogP contribution in [-0.2, 0) is 25.8 Å². The number of fused-ring (bicyclic) bond motifs is 1. The van der Waals surface area contributed by atoms with Crippen LogP contribution in [0.5, 0.6) is 28.7 Å². The van der Waals surface area contributed by atoms with Gasteiger partial charge in [-0.1, -0.05) is 68.3 Å². The van der Waals surface area contributed by atoms with E-state index >= 15 is 0 Å². The number of aromatic hydroxyl groups is 5. The van der Waals surface area contributed by atoms with E-state index in [4.69, 9.17) is 0 Å². The van der Waals surface area contributed by atoms with Gasteiger partial charge in [0.1, 0.15) is 12.4 Å². The first-order chi connectivity index (χ1) is 21.9. The average molecular weight is 608 g/mol. The van der Waals surface area contributed by atoms with Crippen LogP contribution in [0.2, 0.25) is 0 Å². The van der Waals surface area contributed by atoms with Crippen LogP contribution in [-0.4, -0.2) is 50.7 Å². The van der Waals surface area contributed by atoms with Gasteiger partial charge in [-0.2, -0.15) is 0 Å². The molecule has 0 fully saturated rings. The number of aliphatic imine (C=N–C) groups is 2. The average Bonchev–Trinajstić information content (AvgIpc) is 3.56. The quantitative estimate of drug-likeness (QED) is 0.0518. The maximum atomic E-state index is 11.2. The summed E-state index contributed by atoms with van der Waals surface area (Å²) in [6.45, 7) is 4.35. The molecule has 0 bridgehead atoms. The van der Waals surface area contributed by atoms with Gasteiger partial charge in [0.15, 0.2) is 23.0 Å². The van der Waals surface area contributed by atoms with E-state index < -0.39 is 0 Å². The molecule has 8 nitrogen and oxygen atoms in total. The molecule has 0 atom stereocenters. The Labute approximate surface area is 263 Å².